The van der Waals surface area contributed by atoms with E-state index in [2.05, 4.69) is 98.4 Å². The van der Waals surface area contributed by atoms with Gasteiger partial charge in [-0.05, 0) is 28.5 Å². The lowest BCUT2D eigenvalue weighted by atomic mass is 9.76. The van der Waals surface area contributed by atoms with Crippen molar-refractivity contribution in [2.45, 2.75) is 104 Å². The van der Waals surface area contributed by atoms with Gasteiger partial charge in [0.2, 0.25) is 0 Å². The van der Waals surface area contributed by atoms with Gasteiger partial charge in [-0.1, -0.05) is 86.7 Å². The van der Waals surface area contributed by atoms with Crippen LogP contribution in [0.4, 0.5) is 0 Å². The third kappa shape index (κ3) is 9.14. The van der Waals surface area contributed by atoms with Crippen LogP contribution in [0.5, 0.6) is 5.75 Å². The van der Waals surface area contributed by atoms with E-state index in [9.17, 15) is 5.11 Å². The molecule has 1 aromatic carbocycles. The van der Waals surface area contributed by atoms with E-state index in [0.29, 0.717) is 0 Å². The first-order valence-corrected chi connectivity index (χ1v) is 18.6. The topological polar surface area (TPSA) is 38.7 Å². The highest BCUT2D eigenvalue weighted by atomic mass is 28.3. The SMILES string of the molecule is CC(C)(C)c1cc(CO)c(C#C[Si](C)(C)C)c(C(C)(C)C)c1OCOCC[Si](C)(C)C. The largest absolute Gasteiger partial charge is 0.467 e. The van der Waals surface area contributed by atoms with Crippen molar-refractivity contribution in [1.82, 2.24) is 0 Å². The minimum absolute atomic E-state index is 0.0329. The fourth-order valence-electron chi connectivity index (χ4n) is 3.20. The average molecular weight is 463 g/mol. The van der Waals surface area contributed by atoms with Crippen LogP contribution in [0, 0.1) is 11.5 Å². The van der Waals surface area contributed by atoms with Crippen LogP contribution >= 0.6 is 0 Å². The predicted octanol–water partition coefficient (Wildman–Crippen LogP) is 6.69. The maximum Gasteiger partial charge on any atom is 0.189 e. The summed E-state index contributed by atoms with van der Waals surface area (Å²) in [7, 11) is -2.72. The molecule has 1 rings (SSSR count). The minimum Gasteiger partial charge on any atom is -0.467 e. The smallest absolute Gasteiger partial charge is 0.189 e. The summed E-state index contributed by atoms with van der Waals surface area (Å²) in [6.07, 6.45) is 0. The molecule has 1 N–H and O–H groups in total. The number of benzene rings is 1. The van der Waals surface area contributed by atoms with Gasteiger partial charge in [-0.25, -0.2) is 0 Å². The lowest BCUT2D eigenvalue weighted by molar-refractivity contribution is 0.0199. The molecule has 0 unspecified atom stereocenters. The first-order chi connectivity index (χ1) is 13.9. The van der Waals surface area contributed by atoms with E-state index in [-0.39, 0.29) is 24.2 Å². The Morgan fingerprint density at radius 3 is 1.94 bits per heavy atom. The normalized spacial score (nSPS) is 13.1. The van der Waals surface area contributed by atoms with Crippen molar-refractivity contribution >= 4 is 16.1 Å². The molecule has 1 aromatic rings. The van der Waals surface area contributed by atoms with Gasteiger partial charge >= 0.3 is 0 Å². The zero-order valence-corrected chi connectivity index (χ0v) is 24.2. The molecule has 3 nitrogen and oxygen atoms in total. The second-order valence-corrected chi connectivity index (χ2v) is 23.2. The molecule has 0 aliphatic carbocycles. The van der Waals surface area contributed by atoms with Gasteiger partial charge in [0.05, 0.1) is 6.61 Å². The van der Waals surface area contributed by atoms with E-state index in [1.54, 1.807) is 0 Å². The van der Waals surface area contributed by atoms with E-state index in [0.717, 1.165) is 40.7 Å². The van der Waals surface area contributed by atoms with Crippen LogP contribution in [0.1, 0.15) is 63.8 Å². The van der Waals surface area contributed by atoms with Crippen molar-refractivity contribution in [3.63, 3.8) is 0 Å². The highest BCUT2D eigenvalue weighted by Crippen LogP contribution is 2.43. The third-order valence-electron chi connectivity index (χ3n) is 4.94. The molecule has 176 valence electrons. The van der Waals surface area contributed by atoms with E-state index in [1.165, 1.54) is 0 Å². The van der Waals surface area contributed by atoms with Gasteiger partial charge in [-0.3, -0.25) is 0 Å². The monoisotopic (exact) mass is 462 g/mol. The number of aliphatic hydroxyl groups is 1. The van der Waals surface area contributed by atoms with E-state index < -0.39 is 16.1 Å². The standard InChI is InChI=1S/C26H46O3Si2/c1-25(2,3)22-17-20(18-27)21(13-15-30(7,8)9)23(26(4,5)6)24(22)29-19-28-14-16-31(10,11)12/h17,27H,14,16,18-19H2,1-12H3. The summed E-state index contributed by atoms with van der Waals surface area (Å²) in [5, 5.41) is 10.2. The molecule has 0 heterocycles. The molecule has 31 heavy (non-hydrogen) atoms. The summed E-state index contributed by atoms with van der Waals surface area (Å²) in [6.45, 7) is 27.8. The van der Waals surface area contributed by atoms with E-state index in [4.69, 9.17) is 9.47 Å². The van der Waals surface area contributed by atoms with Gasteiger partial charge in [0.15, 0.2) is 6.79 Å². The molecule has 0 aliphatic heterocycles. The van der Waals surface area contributed by atoms with Crippen LogP contribution in [0.25, 0.3) is 0 Å². The van der Waals surface area contributed by atoms with Crippen molar-refractivity contribution in [1.29, 1.82) is 0 Å². The molecule has 0 bridgehead atoms. The Kier molecular flexibility index (Phi) is 9.25. The molecule has 0 saturated carbocycles. The quantitative estimate of drug-likeness (QED) is 0.212. The lowest BCUT2D eigenvalue weighted by Gasteiger charge is -2.32. The molecule has 0 radical (unpaired) electrons. The van der Waals surface area contributed by atoms with Crippen molar-refractivity contribution in [2.24, 2.45) is 0 Å². The van der Waals surface area contributed by atoms with E-state index >= 15 is 0 Å². The lowest BCUT2D eigenvalue weighted by Crippen LogP contribution is -2.25. The van der Waals surface area contributed by atoms with Crippen molar-refractivity contribution in [2.75, 3.05) is 13.4 Å². The van der Waals surface area contributed by atoms with Gasteiger partial charge in [-0.15, -0.1) is 5.54 Å². The Bertz CT molecular complexity index is 805. The van der Waals surface area contributed by atoms with Crippen LogP contribution in [0.3, 0.4) is 0 Å². The first-order valence-electron chi connectivity index (χ1n) is 11.4. The number of aliphatic hydroxyl groups excluding tert-OH is 1. The number of hydrogen-bond donors (Lipinski definition) is 1. The molecular formula is C26H46O3Si2. The first kappa shape index (κ1) is 28.0. The number of ether oxygens (including phenoxy) is 2. The second kappa shape index (κ2) is 10.2. The fraction of sp³-hybridized carbons (Fsp3) is 0.692. The van der Waals surface area contributed by atoms with Gasteiger partial charge in [0.25, 0.3) is 0 Å². The average Bonchev–Trinajstić information content (AvgIpc) is 2.55. The molecule has 0 aliphatic rings. The summed E-state index contributed by atoms with van der Waals surface area (Å²) in [5.41, 5.74) is 7.14. The maximum atomic E-state index is 10.2. The molecule has 0 amide bonds. The predicted molar refractivity (Wildman–Crippen MR) is 140 cm³/mol. The molecule has 5 heteroatoms. The summed E-state index contributed by atoms with van der Waals surface area (Å²) in [4.78, 5) is 0. The van der Waals surface area contributed by atoms with E-state index in [1.807, 2.05) is 0 Å². The summed E-state index contributed by atoms with van der Waals surface area (Å²) in [6, 6.07) is 3.20. The van der Waals surface area contributed by atoms with Crippen LogP contribution < -0.4 is 4.74 Å². The summed E-state index contributed by atoms with van der Waals surface area (Å²) >= 11 is 0. The van der Waals surface area contributed by atoms with Crippen LogP contribution in [-0.4, -0.2) is 34.7 Å². The van der Waals surface area contributed by atoms with Crippen molar-refractivity contribution in [3.05, 3.63) is 28.3 Å². The van der Waals surface area contributed by atoms with Gasteiger partial charge in [0.1, 0.15) is 13.8 Å². The third-order valence-corrected chi connectivity index (χ3v) is 7.51. The highest BCUT2D eigenvalue weighted by molar-refractivity contribution is 6.83. The fourth-order valence-corrected chi connectivity index (χ4v) is 4.46. The zero-order chi connectivity index (χ0) is 24.3. The second-order valence-electron chi connectivity index (χ2n) is 12.8. The van der Waals surface area contributed by atoms with Crippen LogP contribution in [0.15, 0.2) is 6.07 Å². The molecule has 0 spiro atoms. The summed E-state index contributed by atoms with van der Waals surface area (Å²) in [5.74, 6) is 4.32. The molecule has 0 atom stereocenters. The Labute approximate surface area is 194 Å². The Balaban J connectivity index is 3.60. The van der Waals surface area contributed by atoms with Crippen molar-refractivity contribution < 1.29 is 14.6 Å². The Morgan fingerprint density at radius 2 is 1.52 bits per heavy atom. The van der Waals surface area contributed by atoms with Crippen LogP contribution in [0.2, 0.25) is 45.3 Å². The zero-order valence-electron chi connectivity index (χ0n) is 22.2. The van der Waals surface area contributed by atoms with Gasteiger partial charge in [0, 0.05) is 31.4 Å². The van der Waals surface area contributed by atoms with Gasteiger partial charge in [-0.2, -0.15) is 0 Å². The minimum atomic E-state index is -1.58. The highest BCUT2D eigenvalue weighted by Gasteiger charge is 2.31. The molecule has 0 aromatic heterocycles. The Hall–Kier alpha value is -1.07. The summed E-state index contributed by atoms with van der Waals surface area (Å²) < 4.78 is 12.3. The maximum absolute atomic E-state index is 10.2. The molecule has 0 fully saturated rings. The number of rotatable bonds is 7. The Morgan fingerprint density at radius 1 is 0.935 bits per heavy atom. The van der Waals surface area contributed by atoms with Gasteiger partial charge < -0.3 is 14.6 Å². The van der Waals surface area contributed by atoms with Crippen LogP contribution in [-0.2, 0) is 22.2 Å². The van der Waals surface area contributed by atoms with Crippen molar-refractivity contribution in [3.8, 4) is 17.2 Å². The molecule has 0 saturated heterocycles. The number of hydrogen-bond acceptors (Lipinski definition) is 3. The molecular weight excluding hydrogens is 416 g/mol.